The smallest absolute Gasteiger partial charge is 0.274 e. The van der Waals surface area contributed by atoms with Gasteiger partial charge in [0.15, 0.2) is 0 Å². The third-order valence-corrected chi connectivity index (χ3v) is 5.34. The third-order valence-electron chi connectivity index (χ3n) is 5.34. The van der Waals surface area contributed by atoms with Crippen molar-refractivity contribution in [3.05, 3.63) is 65.0 Å². The van der Waals surface area contributed by atoms with Gasteiger partial charge in [-0.1, -0.05) is 32.0 Å². The zero-order chi connectivity index (χ0) is 20.4. The molecule has 1 unspecified atom stereocenters. The molecule has 29 heavy (non-hydrogen) atoms. The van der Waals surface area contributed by atoms with Gasteiger partial charge in [0.1, 0.15) is 17.7 Å². The fraction of sp³-hybridized carbons (Fsp3) is 0.348. The number of nitrogens with one attached hydrogen (secondary N) is 2. The summed E-state index contributed by atoms with van der Waals surface area (Å²) >= 11 is 0. The van der Waals surface area contributed by atoms with E-state index < -0.39 is 0 Å². The lowest BCUT2D eigenvalue weighted by Crippen LogP contribution is -2.40. The number of pyridine rings is 1. The van der Waals surface area contributed by atoms with Crippen LogP contribution in [0.2, 0.25) is 0 Å². The van der Waals surface area contributed by atoms with Crippen LogP contribution in [0.5, 0.6) is 0 Å². The van der Waals surface area contributed by atoms with E-state index in [1.165, 1.54) is 16.8 Å². The molecule has 2 aliphatic rings. The molecule has 0 bridgehead atoms. The first-order valence-electron chi connectivity index (χ1n) is 10.1. The van der Waals surface area contributed by atoms with Gasteiger partial charge >= 0.3 is 0 Å². The first-order valence-corrected chi connectivity index (χ1v) is 10.1. The first-order chi connectivity index (χ1) is 14.0. The maximum Gasteiger partial charge on any atom is 0.274 e. The van der Waals surface area contributed by atoms with E-state index >= 15 is 0 Å². The van der Waals surface area contributed by atoms with Crippen LogP contribution in [0.25, 0.3) is 0 Å². The Morgan fingerprint density at radius 2 is 2.00 bits per heavy atom. The topological polar surface area (TPSA) is 69.6 Å². The molecular formula is C23H27N5O. The van der Waals surface area contributed by atoms with E-state index in [0.717, 1.165) is 31.0 Å². The van der Waals surface area contributed by atoms with E-state index in [-0.39, 0.29) is 12.1 Å². The largest absolute Gasteiger partial charge is 0.367 e. The van der Waals surface area contributed by atoms with Crippen LogP contribution in [0.15, 0.2) is 58.7 Å². The maximum atomic E-state index is 12.7. The van der Waals surface area contributed by atoms with Crippen molar-refractivity contribution in [2.45, 2.75) is 39.3 Å². The molecule has 1 aromatic heterocycles. The molecular weight excluding hydrogens is 362 g/mol. The Bertz CT molecular complexity index is 961. The predicted molar refractivity (Wildman–Crippen MR) is 118 cm³/mol. The highest BCUT2D eigenvalue weighted by atomic mass is 16.1. The molecule has 2 aliphatic heterocycles. The first kappa shape index (κ1) is 19.2. The van der Waals surface area contributed by atoms with E-state index in [2.05, 4.69) is 39.4 Å². The van der Waals surface area contributed by atoms with Crippen LogP contribution in [0.3, 0.4) is 0 Å². The summed E-state index contributed by atoms with van der Waals surface area (Å²) in [6.45, 7) is 7.96. The van der Waals surface area contributed by atoms with E-state index in [9.17, 15) is 4.79 Å². The molecule has 0 saturated heterocycles. The van der Waals surface area contributed by atoms with Crippen molar-refractivity contribution in [1.82, 2.24) is 10.3 Å². The summed E-state index contributed by atoms with van der Waals surface area (Å²) in [7, 11) is 0. The van der Waals surface area contributed by atoms with Gasteiger partial charge in [0, 0.05) is 42.7 Å². The number of anilines is 2. The molecule has 1 amide bonds. The fourth-order valence-electron chi connectivity index (χ4n) is 3.63. The van der Waals surface area contributed by atoms with E-state index in [1.807, 2.05) is 49.5 Å². The molecule has 4 rings (SSSR count). The maximum absolute atomic E-state index is 12.7. The van der Waals surface area contributed by atoms with Crippen LogP contribution in [0, 0.1) is 0 Å². The highest BCUT2D eigenvalue weighted by Gasteiger charge is 2.23. The van der Waals surface area contributed by atoms with Gasteiger partial charge in [-0.2, -0.15) is 0 Å². The molecule has 0 spiro atoms. The van der Waals surface area contributed by atoms with Gasteiger partial charge in [-0.05, 0) is 42.7 Å². The lowest BCUT2D eigenvalue weighted by molar-refractivity contribution is 0.102. The normalized spacial score (nSPS) is 18.5. The third kappa shape index (κ3) is 4.31. The Balaban J connectivity index is 1.46. The zero-order valence-corrected chi connectivity index (χ0v) is 17.1. The molecule has 6 heteroatoms. The van der Waals surface area contributed by atoms with Crippen molar-refractivity contribution in [2.24, 2.45) is 4.99 Å². The van der Waals surface area contributed by atoms with Crippen LogP contribution in [0.4, 0.5) is 11.5 Å². The Morgan fingerprint density at radius 3 is 2.76 bits per heavy atom. The lowest BCUT2D eigenvalue weighted by atomic mass is 10.0. The van der Waals surface area contributed by atoms with E-state index in [0.29, 0.717) is 11.6 Å². The molecule has 2 aromatic rings. The number of amides is 1. The van der Waals surface area contributed by atoms with Crippen molar-refractivity contribution >= 4 is 23.6 Å². The fourth-order valence-corrected chi connectivity index (χ4v) is 3.63. The Kier molecular flexibility index (Phi) is 5.34. The standard InChI is InChI=1S/C23H27N5O/c1-15(2)17-7-9-19(10-8-17)26-23(29)21-5-4-6-22(27-21)28-12-11-20-18(14-28)13-24-16(3)25-20/h4-10,13,15-16,25H,11-12,14H2,1-3H3,(H,26,29). The van der Waals surface area contributed by atoms with E-state index in [4.69, 9.17) is 0 Å². The number of benzene rings is 1. The average Bonchev–Trinajstić information content (AvgIpc) is 2.74. The highest BCUT2D eigenvalue weighted by Crippen LogP contribution is 2.23. The van der Waals surface area contributed by atoms with Crippen LogP contribution in [-0.2, 0) is 0 Å². The van der Waals surface area contributed by atoms with Crippen LogP contribution in [-0.4, -0.2) is 36.4 Å². The molecule has 150 valence electrons. The quantitative estimate of drug-likeness (QED) is 0.831. The predicted octanol–water partition coefficient (Wildman–Crippen LogP) is 3.94. The van der Waals surface area contributed by atoms with Gasteiger partial charge in [-0.25, -0.2) is 4.98 Å². The monoisotopic (exact) mass is 389 g/mol. The number of hydrogen-bond acceptors (Lipinski definition) is 5. The summed E-state index contributed by atoms with van der Waals surface area (Å²) in [5, 5.41) is 6.37. The van der Waals surface area contributed by atoms with Crippen molar-refractivity contribution in [1.29, 1.82) is 0 Å². The van der Waals surface area contributed by atoms with Gasteiger partial charge < -0.3 is 15.5 Å². The van der Waals surface area contributed by atoms with Crippen LogP contribution >= 0.6 is 0 Å². The average molecular weight is 390 g/mol. The number of carbonyl (C=O) groups excluding carboxylic acids is 1. The molecule has 0 saturated carbocycles. The molecule has 1 atom stereocenters. The molecule has 0 aliphatic carbocycles. The SMILES string of the molecule is CC1N=CC2=C(CCN(c3cccc(C(=O)Nc4ccc(C(C)C)cc4)n3)C2)N1. The Labute approximate surface area is 171 Å². The number of hydrogen-bond donors (Lipinski definition) is 2. The van der Waals surface area contributed by atoms with Crippen molar-refractivity contribution in [3.8, 4) is 0 Å². The highest BCUT2D eigenvalue weighted by molar-refractivity contribution is 6.03. The minimum absolute atomic E-state index is 0.139. The number of aromatic nitrogens is 1. The Morgan fingerprint density at radius 1 is 1.21 bits per heavy atom. The van der Waals surface area contributed by atoms with Gasteiger partial charge in [0.2, 0.25) is 0 Å². The molecule has 2 N–H and O–H groups in total. The number of nitrogens with zero attached hydrogens (tertiary/aromatic N) is 3. The van der Waals surface area contributed by atoms with Gasteiger partial charge in [0.05, 0.1) is 0 Å². The second-order valence-corrected chi connectivity index (χ2v) is 7.89. The van der Waals surface area contributed by atoms with E-state index in [1.54, 1.807) is 6.07 Å². The number of aliphatic imine (C=N–C) groups is 1. The summed E-state index contributed by atoms with van der Waals surface area (Å²) in [4.78, 5) is 24.0. The number of carbonyl (C=O) groups is 1. The van der Waals surface area contributed by atoms with Crippen LogP contribution < -0.4 is 15.5 Å². The second kappa shape index (κ2) is 8.07. The molecule has 3 heterocycles. The molecule has 6 nitrogen and oxygen atoms in total. The summed E-state index contributed by atoms with van der Waals surface area (Å²) in [5.41, 5.74) is 4.90. The number of rotatable bonds is 4. The summed E-state index contributed by atoms with van der Waals surface area (Å²) in [6.07, 6.45) is 3.02. The summed E-state index contributed by atoms with van der Waals surface area (Å²) in [6, 6.07) is 13.6. The molecule has 0 fully saturated rings. The minimum atomic E-state index is -0.198. The minimum Gasteiger partial charge on any atom is -0.367 e. The summed E-state index contributed by atoms with van der Waals surface area (Å²) in [5.74, 6) is 1.08. The van der Waals surface area contributed by atoms with Crippen molar-refractivity contribution in [3.63, 3.8) is 0 Å². The summed E-state index contributed by atoms with van der Waals surface area (Å²) < 4.78 is 0. The van der Waals surface area contributed by atoms with Gasteiger partial charge in [-0.15, -0.1) is 0 Å². The second-order valence-electron chi connectivity index (χ2n) is 7.89. The Hall–Kier alpha value is -3.15. The lowest BCUT2D eigenvalue weighted by Gasteiger charge is -2.33. The molecule has 0 radical (unpaired) electrons. The van der Waals surface area contributed by atoms with Crippen molar-refractivity contribution in [2.75, 3.05) is 23.3 Å². The van der Waals surface area contributed by atoms with Crippen LogP contribution in [0.1, 0.15) is 49.2 Å². The van der Waals surface area contributed by atoms with Crippen molar-refractivity contribution < 1.29 is 4.79 Å². The zero-order valence-electron chi connectivity index (χ0n) is 17.1. The van der Waals surface area contributed by atoms with Gasteiger partial charge in [-0.3, -0.25) is 9.79 Å². The van der Waals surface area contributed by atoms with Gasteiger partial charge in [0.25, 0.3) is 5.91 Å². The molecule has 1 aromatic carbocycles.